The quantitative estimate of drug-likeness (QED) is 0.772. The SMILES string of the molecule is Cc1nnsc1C(C(=O)O)N(C)C. The summed E-state index contributed by atoms with van der Waals surface area (Å²) >= 11 is 1.13. The number of aromatic nitrogens is 2. The first-order valence-electron chi connectivity index (χ1n) is 3.72. The van der Waals surface area contributed by atoms with Crippen LogP contribution in [0.25, 0.3) is 0 Å². The summed E-state index contributed by atoms with van der Waals surface area (Å²) in [7, 11) is 3.44. The number of aliphatic carboxylic acids is 1. The smallest absolute Gasteiger partial charge is 0.326 e. The van der Waals surface area contributed by atoms with Crippen LogP contribution in [0.2, 0.25) is 0 Å². The number of aryl methyl sites for hydroxylation is 1. The van der Waals surface area contributed by atoms with Crippen molar-refractivity contribution in [2.75, 3.05) is 14.1 Å². The van der Waals surface area contributed by atoms with Crippen LogP contribution in [-0.4, -0.2) is 39.7 Å². The second-order valence-corrected chi connectivity index (χ2v) is 3.71. The topological polar surface area (TPSA) is 66.3 Å². The van der Waals surface area contributed by atoms with Crippen LogP contribution in [0.15, 0.2) is 0 Å². The molecule has 6 heteroatoms. The minimum absolute atomic E-state index is 0.639. The molecule has 0 spiro atoms. The molecule has 1 atom stereocenters. The van der Waals surface area contributed by atoms with Gasteiger partial charge >= 0.3 is 5.97 Å². The first-order valence-corrected chi connectivity index (χ1v) is 4.49. The number of hydrogen-bond acceptors (Lipinski definition) is 5. The lowest BCUT2D eigenvalue weighted by Gasteiger charge is -2.18. The molecule has 0 radical (unpaired) electrons. The normalized spacial score (nSPS) is 13.2. The summed E-state index contributed by atoms with van der Waals surface area (Å²) in [5, 5.41) is 12.7. The predicted octanol–water partition coefficient (Wildman–Crippen LogP) is 0.534. The van der Waals surface area contributed by atoms with Crippen molar-refractivity contribution in [3.05, 3.63) is 10.6 Å². The number of nitrogens with zero attached hydrogens (tertiary/aromatic N) is 3. The van der Waals surface area contributed by atoms with E-state index in [0.717, 1.165) is 11.5 Å². The van der Waals surface area contributed by atoms with Crippen LogP contribution < -0.4 is 0 Å². The molecular weight excluding hydrogens is 190 g/mol. The molecule has 1 unspecified atom stereocenters. The van der Waals surface area contributed by atoms with E-state index in [1.807, 2.05) is 0 Å². The van der Waals surface area contributed by atoms with E-state index in [2.05, 4.69) is 9.59 Å². The van der Waals surface area contributed by atoms with Crippen LogP contribution in [-0.2, 0) is 4.79 Å². The maximum Gasteiger partial charge on any atom is 0.326 e. The number of hydrogen-bond donors (Lipinski definition) is 1. The van der Waals surface area contributed by atoms with Gasteiger partial charge in [0, 0.05) is 0 Å². The summed E-state index contributed by atoms with van der Waals surface area (Å²) in [6.45, 7) is 1.76. The molecular formula is C7H11N3O2S. The third kappa shape index (κ3) is 2.02. The van der Waals surface area contributed by atoms with Crippen molar-refractivity contribution in [3.8, 4) is 0 Å². The van der Waals surface area contributed by atoms with Crippen LogP contribution >= 0.6 is 11.5 Å². The van der Waals surface area contributed by atoms with E-state index in [9.17, 15) is 4.79 Å². The molecule has 0 saturated heterocycles. The molecule has 0 aromatic carbocycles. The summed E-state index contributed by atoms with van der Waals surface area (Å²) in [4.78, 5) is 13.2. The van der Waals surface area contributed by atoms with E-state index in [4.69, 9.17) is 5.11 Å². The standard InChI is InChI=1S/C7H11N3O2S/c1-4-6(13-9-8-4)5(7(11)12)10(2)3/h5H,1-3H3,(H,11,12). The van der Waals surface area contributed by atoms with Crippen molar-refractivity contribution < 1.29 is 9.90 Å². The van der Waals surface area contributed by atoms with Crippen molar-refractivity contribution in [1.82, 2.24) is 14.5 Å². The second kappa shape index (κ2) is 3.80. The van der Waals surface area contributed by atoms with Crippen molar-refractivity contribution in [2.45, 2.75) is 13.0 Å². The number of carboxylic acids is 1. The van der Waals surface area contributed by atoms with Crippen molar-refractivity contribution >= 4 is 17.5 Å². The summed E-state index contributed by atoms with van der Waals surface area (Å²) < 4.78 is 3.71. The molecule has 5 nitrogen and oxygen atoms in total. The molecule has 0 bridgehead atoms. The van der Waals surface area contributed by atoms with E-state index in [1.165, 1.54) is 0 Å². The molecule has 0 aliphatic carbocycles. The molecule has 13 heavy (non-hydrogen) atoms. The first kappa shape index (κ1) is 10.1. The molecule has 0 saturated carbocycles. The van der Waals surface area contributed by atoms with E-state index in [-0.39, 0.29) is 0 Å². The molecule has 1 heterocycles. The average Bonchev–Trinajstić information content (AvgIpc) is 2.35. The minimum Gasteiger partial charge on any atom is -0.480 e. The van der Waals surface area contributed by atoms with Gasteiger partial charge in [-0.25, -0.2) is 0 Å². The zero-order valence-electron chi connectivity index (χ0n) is 7.68. The first-order chi connectivity index (χ1) is 6.04. The van der Waals surface area contributed by atoms with Gasteiger partial charge in [-0.2, -0.15) is 0 Å². The summed E-state index contributed by atoms with van der Waals surface area (Å²) in [6.07, 6.45) is 0. The predicted molar refractivity (Wildman–Crippen MR) is 48.7 cm³/mol. The van der Waals surface area contributed by atoms with Gasteiger partial charge in [0.25, 0.3) is 0 Å². The average molecular weight is 201 g/mol. The van der Waals surface area contributed by atoms with E-state index in [0.29, 0.717) is 10.6 Å². The molecule has 0 aliphatic rings. The summed E-state index contributed by atoms with van der Waals surface area (Å²) in [6, 6.07) is -0.639. The monoisotopic (exact) mass is 201 g/mol. The zero-order valence-corrected chi connectivity index (χ0v) is 8.50. The molecule has 1 aromatic heterocycles. The molecule has 0 fully saturated rings. The number of carbonyl (C=O) groups is 1. The molecule has 72 valence electrons. The van der Waals surface area contributed by atoms with Crippen molar-refractivity contribution in [2.24, 2.45) is 0 Å². The van der Waals surface area contributed by atoms with Gasteiger partial charge in [-0.05, 0) is 32.6 Å². The fourth-order valence-electron chi connectivity index (χ4n) is 1.06. The lowest BCUT2D eigenvalue weighted by molar-refractivity contribution is -0.142. The minimum atomic E-state index is -0.876. The van der Waals surface area contributed by atoms with Gasteiger partial charge in [0.1, 0.15) is 6.04 Å². The van der Waals surface area contributed by atoms with E-state index < -0.39 is 12.0 Å². The van der Waals surface area contributed by atoms with Crippen LogP contribution in [0, 0.1) is 6.92 Å². The molecule has 1 N–H and O–H groups in total. The highest BCUT2D eigenvalue weighted by atomic mass is 32.1. The Morgan fingerprint density at radius 2 is 2.23 bits per heavy atom. The molecule has 1 aromatic rings. The van der Waals surface area contributed by atoms with Gasteiger partial charge in [0.2, 0.25) is 0 Å². The number of carboxylic acid groups (broad SMARTS) is 1. The third-order valence-electron chi connectivity index (χ3n) is 1.69. The Morgan fingerprint density at radius 1 is 1.62 bits per heavy atom. The molecule has 0 amide bonds. The Morgan fingerprint density at radius 3 is 2.54 bits per heavy atom. The Labute approximate surface area is 80.2 Å². The van der Waals surface area contributed by atoms with E-state index >= 15 is 0 Å². The van der Waals surface area contributed by atoms with Crippen LogP contribution in [0.3, 0.4) is 0 Å². The van der Waals surface area contributed by atoms with Crippen molar-refractivity contribution in [1.29, 1.82) is 0 Å². The largest absolute Gasteiger partial charge is 0.480 e. The fraction of sp³-hybridized carbons (Fsp3) is 0.571. The maximum absolute atomic E-state index is 10.9. The lowest BCUT2D eigenvalue weighted by atomic mass is 10.2. The Balaban J connectivity index is 3.02. The van der Waals surface area contributed by atoms with Crippen molar-refractivity contribution in [3.63, 3.8) is 0 Å². The van der Waals surface area contributed by atoms with Gasteiger partial charge in [-0.1, -0.05) is 4.49 Å². The van der Waals surface area contributed by atoms with Gasteiger partial charge in [0.15, 0.2) is 0 Å². The van der Waals surface area contributed by atoms with Crippen LogP contribution in [0.1, 0.15) is 16.6 Å². The Bertz CT molecular complexity index is 310. The highest BCUT2D eigenvalue weighted by Crippen LogP contribution is 2.23. The third-order valence-corrected chi connectivity index (χ3v) is 2.56. The summed E-state index contributed by atoms with van der Waals surface area (Å²) in [5.74, 6) is -0.876. The Hall–Kier alpha value is -1.01. The lowest BCUT2D eigenvalue weighted by Crippen LogP contribution is -2.27. The highest BCUT2D eigenvalue weighted by Gasteiger charge is 2.26. The summed E-state index contributed by atoms with van der Waals surface area (Å²) in [5.41, 5.74) is 0.686. The zero-order chi connectivity index (χ0) is 10.0. The Kier molecular flexibility index (Phi) is 2.94. The highest BCUT2D eigenvalue weighted by molar-refractivity contribution is 7.05. The van der Waals surface area contributed by atoms with Gasteiger partial charge in [-0.3, -0.25) is 9.69 Å². The second-order valence-electron chi connectivity index (χ2n) is 2.93. The van der Waals surface area contributed by atoms with Crippen LogP contribution in [0.5, 0.6) is 0 Å². The van der Waals surface area contributed by atoms with Crippen LogP contribution in [0.4, 0.5) is 0 Å². The molecule has 1 rings (SSSR count). The van der Waals surface area contributed by atoms with Gasteiger partial charge in [-0.15, -0.1) is 5.10 Å². The number of likely N-dealkylation sites (N-methyl/N-ethyl adjacent to an activating group) is 1. The van der Waals surface area contributed by atoms with Gasteiger partial charge < -0.3 is 5.11 Å². The molecule has 0 aliphatic heterocycles. The number of rotatable bonds is 3. The van der Waals surface area contributed by atoms with Gasteiger partial charge in [0.05, 0.1) is 10.6 Å². The fourth-order valence-corrected chi connectivity index (χ4v) is 1.89. The van der Waals surface area contributed by atoms with E-state index in [1.54, 1.807) is 25.9 Å². The maximum atomic E-state index is 10.9.